The van der Waals surface area contributed by atoms with Crippen LogP contribution < -0.4 is 16.0 Å². The monoisotopic (exact) mass is 447 g/mol. The van der Waals surface area contributed by atoms with Gasteiger partial charge >= 0.3 is 0 Å². The molecule has 170 valence electrons. The van der Waals surface area contributed by atoms with Crippen molar-refractivity contribution in [1.29, 1.82) is 0 Å². The predicted molar refractivity (Wildman–Crippen MR) is 122 cm³/mol. The number of rotatable bonds is 4. The molecule has 0 atom stereocenters. The summed E-state index contributed by atoms with van der Waals surface area (Å²) < 4.78 is 28.0. The van der Waals surface area contributed by atoms with Crippen molar-refractivity contribution in [3.8, 4) is 0 Å². The normalized spacial score (nSPS) is 22.7. The smallest absolute Gasteiger partial charge is 0.243 e. The first-order valence-corrected chi connectivity index (χ1v) is 12.8. The number of hydrogen-bond acceptors (Lipinski definition) is 6. The molecule has 2 fully saturated rings. The third kappa shape index (κ3) is 4.94. The molecule has 1 saturated carbocycles. The van der Waals surface area contributed by atoms with E-state index in [0.717, 1.165) is 25.3 Å². The van der Waals surface area contributed by atoms with Crippen molar-refractivity contribution in [3.63, 3.8) is 0 Å². The second-order valence-corrected chi connectivity index (χ2v) is 10.8. The van der Waals surface area contributed by atoms with Crippen LogP contribution in [-0.4, -0.2) is 62.2 Å². The highest BCUT2D eigenvalue weighted by Crippen LogP contribution is 2.30. The van der Waals surface area contributed by atoms with E-state index in [2.05, 4.69) is 16.0 Å². The molecule has 3 aliphatic rings. The first-order valence-electron chi connectivity index (χ1n) is 11.3. The average molecular weight is 448 g/mol. The van der Waals surface area contributed by atoms with E-state index < -0.39 is 10.0 Å². The van der Waals surface area contributed by atoms with E-state index in [1.807, 2.05) is 0 Å². The molecule has 1 saturated heterocycles. The Morgan fingerprint density at radius 2 is 1.81 bits per heavy atom. The Morgan fingerprint density at radius 1 is 1.13 bits per heavy atom. The summed E-state index contributed by atoms with van der Waals surface area (Å²) in [4.78, 5) is 16.3. The van der Waals surface area contributed by atoms with Gasteiger partial charge in [-0.2, -0.15) is 4.31 Å². The molecule has 1 aliphatic carbocycles. The predicted octanol–water partition coefficient (Wildman–Crippen LogP) is 2.09. The number of carbonyl (C=O) groups excluding carboxylic acids is 1. The van der Waals surface area contributed by atoms with Crippen LogP contribution in [0.15, 0.2) is 34.2 Å². The number of nitrogens with one attached hydrogen (secondary N) is 3. The Morgan fingerprint density at radius 3 is 2.45 bits per heavy atom. The number of sulfonamides is 1. The molecule has 0 radical (unpaired) electrons. The van der Waals surface area contributed by atoms with E-state index in [1.165, 1.54) is 32.6 Å². The zero-order valence-electron chi connectivity index (χ0n) is 18.2. The van der Waals surface area contributed by atoms with Crippen LogP contribution in [0.1, 0.15) is 51.9 Å². The largest absolute Gasteiger partial charge is 0.370 e. The molecular formula is C22H33N5O3S. The van der Waals surface area contributed by atoms with Crippen molar-refractivity contribution < 1.29 is 13.2 Å². The van der Waals surface area contributed by atoms with Crippen LogP contribution in [0.25, 0.3) is 0 Å². The van der Waals surface area contributed by atoms with Crippen molar-refractivity contribution in [1.82, 2.24) is 14.9 Å². The number of benzene rings is 1. The van der Waals surface area contributed by atoms with Gasteiger partial charge in [0.25, 0.3) is 0 Å². The van der Waals surface area contributed by atoms with Gasteiger partial charge in [-0.15, -0.1) is 0 Å². The van der Waals surface area contributed by atoms with E-state index in [9.17, 15) is 13.2 Å². The molecule has 2 aliphatic heterocycles. The number of anilines is 1. The van der Waals surface area contributed by atoms with Crippen LogP contribution in [0.2, 0.25) is 0 Å². The summed E-state index contributed by atoms with van der Waals surface area (Å²) in [6, 6.07) is 6.86. The topological polar surface area (TPSA) is 103 Å². The second kappa shape index (κ2) is 9.26. The summed E-state index contributed by atoms with van der Waals surface area (Å²) in [7, 11) is -3.58. The standard InChI is InChI=1S/C22H33N5O3S/c1-17(28)25-19-7-9-20(10-8-19)31(29,30)27-15-11-22(12-16-27)21(23-13-4-14-24-22)26-18-5-2-3-6-18/h7-10,18,24H,2-6,11-16H2,1H3,(H,23,26)(H,25,28). The van der Waals surface area contributed by atoms with Crippen molar-refractivity contribution in [2.75, 3.05) is 31.5 Å². The summed E-state index contributed by atoms with van der Waals surface area (Å²) in [5, 5.41) is 10.1. The maximum Gasteiger partial charge on any atom is 0.243 e. The fourth-order valence-electron chi connectivity index (χ4n) is 4.86. The Labute approximate surface area is 184 Å². The molecule has 2 heterocycles. The maximum absolute atomic E-state index is 13.2. The quantitative estimate of drug-likeness (QED) is 0.656. The van der Waals surface area contributed by atoms with Crippen LogP contribution in [0.5, 0.6) is 0 Å². The van der Waals surface area contributed by atoms with Crippen molar-refractivity contribution >= 4 is 27.5 Å². The third-order valence-electron chi connectivity index (χ3n) is 6.61. The van der Waals surface area contributed by atoms with Crippen molar-refractivity contribution in [3.05, 3.63) is 24.3 Å². The van der Waals surface area contributed by atoms with Gasteiger partial charge in [0.1, 0.15) is 5.84 Å². The zero-order chi connectivity index (χ0) is 21.9. The number of aliphatic imine (C=N–C) groups is 1. The van der Waals surface area contributed by atoms with Crippen LogP contribution in [0.4, 0.5) is 5.69 Å². The molecule has 31 heavy (non-hydrogen) atoms. The number of carbonyl (C=O) groups is 1. The van der Waals surface area contributed by atoms with E-state index in [1.54, 1.807) is 28.6 Å². The molecule has 0 aromatic heterocycles. The van der Waals surface area contributed by atoms with Gasteiger partial charge in [0.2, 0.25) is 15.9 Å². The molecule has 8 nitrogen and oxygen atoms in total. The highest BCUT2D eigenvalue weighted by atomic mass is 32.2. The third-order valence-corrected chi connectivity index (χ3v) is 8.52. The summed E-state index contributed by atoms with van der Waals surface area (Å²) in [6.07, 6.45) is 7.30. The second-order valence-electron chi connectivity index (χ2n) is 8.83. The molecule has 0 unspecified atom stereocenters. The molecule has 4 rings (SSSR count). The fourth-order valence-corrected chi connectivity index (χ4v) is 6.31. The lowest BCUT2D eigenvalue weighted by atomic mass is 9.86. The van der Waals surface area contributed by atoms with Gasteiger partial charge in [-0.1, -0.05) is 12.8 Å². The van der Waals surface area contributed by atoms with Crippen LogP contribution in [0.3, 0.4) is 0 Å². The van der Waals surface area contributed by atoms with Crippen molar-refractivity contribution in [2.45, 2.75) is 68.3 Å². The molecule has 0 bridgehead atoms. The summed E-state index contributed by atoms with van der Waals surface area (Å²) in [6.45, 7) is 4.04. The minimum absolute atomic E-state index is 0.184. The van der Waals surface area contributed by atoms with E-state index >= 15 is 0 Å². The average Bonchev–Trinajstić information content (AvgIpc) is 3.19. The summed E-state index contributed by atoms with van der Waals surface area (Å²) in [5.41, 5.74) is 0.325. The minimum atomic E-state index is -3.58. The molecular weight excluding hydrogens is 414 g/mol. The Balaban J connectivity index is 1.46. The molecule has 9 heteroatoms. The fraction of sp³-hybridized carbons (Fsp3) is 0.636. The van der Waals surface area contributed by atoms with Gasteiger partial charge in [-0.05, 0) is 62.9 Å². The first-order chi connectivity index (χ1) is 14.9. The van der Waals surface area contributed by atoms with E-state index in [0.29, 0.717) is 37.7 Å². The van der Waals surface area contributed by atoms with Gasteiger partial charge in [-0.25, -0.2) is 8.42 Å². The van der Waals surface area contributed by atoms with Gasteiger partial charge < -0.3 is 16.0 Å². The molecule has 1 amide bonds. The van der Waals surface area contributed by atoms with Crippen LogP contribution in [-0.2, 0) is 14.8 Å². The van der Waals surface area contributed by atoms with Crippen LogP contribution in [0, 0.1) is 0 Å². The van der Waals surface area contributed by atoms with Crippen molar-refractivity contribution in [2.24, 2.45) is 4.99 Å². The minimum Gasteiger partial charge on any atom is -0.370 e. The molecule has 1 aromatic carbocycles. The Hall–Kier alpha value is -1.97. The van der Waals surface area contributed by atoms with Gasteiger partial charge in [0.15, 0.2) is 0 Å². The van der Waals surface area contributed by atoms with Gasteiger partial charge in [0, 0.05) is 38.3 Å². The number of nitrogens with zero attached hydrogens (tertiary/aromatic N) is 2. The molecule has 3 N–H and O–H groups in total. The number of amides is 1. The number of amidine groups is 1. The van der Waals surface area contributed by atoms with Crippen LogP contribution >= 0.6 is 0 Å². The van der Waals surface area contributed by atoms with E-state index in [-0.39, 0.29) is 16.3 Å². The zero-order valence-corrected chi connectivity index (χ0v) is 19.0. The van der Waals surface area contributed by atoms with Gasteiger partial charge in [0.05, 0.1) is 10.4 Å². The number of piperidine rings is 1. The highest BCUT2D eigenvalue weighted by molar-refractivity contribution is 7.89. The lowest BCUT2D eigenvalue weighted by molar-refractivity contribution is -0.114. The van der Waals surface area contributed by atoms with Gasteiger partial charge in [-0.3, -0.25) is 9.79 Å². The highest BCUT2D eigenvalue weighted by Gasteiger charge is 2.43. The summed E-state index contributed by atoms with van der Waals surface area (Å²) in [5.74, 6) is 0.852. The SMILES string of the molecule is CC(=O)Nc1ccc(S(=O)(=O)N2CCC3(CC2)NCCCN=C3NC2CCCC2)cc1. The molecule has 1 aromatic rings. The van der Waals surface area contributed by atoms with E-state index in [4.69, 9.17) is 4.99 Å². The summed E-state index contributed by atoms with van der Waals surface area (Å²) >= 11 is 0. The Kier molecular flexibility index (Phi) is 6.64. The first kappa shape index (κ1) is 22.2. The lowest BCUT2D eigenvalue weighted by Crippen LogP contribution is -2.63. The maximum atomic E-state index is 13.2. The number of hydrogen-bond donors (Lipinski definition) is 3. The lowest BCUT2D eigenvalue weighted by Gasteiger charge is -2.43. The Bertz CT molecular complexity index is 915. The molecule has 1 spiro atoms.